The first-order chi connectivity index (χ1) is 13.8. The maximum Gasteiger partial charge on any atom is 0.419 e. The largest absolute Gasteiger partial charge is 0.493 e. The molecular formula is C21H23F3N2O3. The number of nitrogens with zero attached hydrogens (tertiary/aromatic N) is 2. The van der Waals surface area contributed by atoms with E-state index in [1.54, 1.807) is 4.90 Å². The number of anilines is 1. The summed E-state index contributed by atoms with van der Waals surface area (Å²) in [6.07, 6.45) is -1.10. The Morgan fingerprint density at radius 2 is 1.97 bits per heavy atom. The van der Waals surface area contributed by atoms with Crippen LogP contribution >= 0.6 is 0 Å². The van der Waals surface area contributed by atoms with Gasteiger partial charge in [0.1, 0.15) is 11.6 Å². The molecular weight excluding hydrogens is 385 g/mol. The van der Waals surface area contributed by atoms with E-state index in [1.807, 2.05) is 24.3 Å². The summed E-state index contributed by atoms with van der Waals surface area (Å²) in [5, 5.41) is 8.78. The van der Waals surface area contributed by atoms with Crippen molar-refractivity contribution in [1.82, 2.24) is 4.98 Å². The number of rotatable bonds is 7. The predicted octanol–water partition coefficient (Wildman–Crippen LogP) is 4.41. The molecule has 1 aromatic heterocycles. The van der Waals surface area contributed by atoms with Gasteiger partial charge in [0.05, 0.1) is 12.2 Å². The van der Waals surface area contributed by atoms with Gasteiger partial charge in [-0.05, 0) is 55.0 Å². The number of hydrogen-bond acceptors (Lipinski definition) is 4. The lowest BCUT2D eigenvalue weighted by Gasteiger charge is -2.33. The smallest absolute Gasteiger partial charge is 0.419 e. The molecule has 0 radical (unpaired) electrons. The van der Waals surface area contributed by atoms with Gasteiger partial charge in [0.15, 0.2) is 0 Å². The average molecular weight is 408 g/mol. The Hall–Kier alpha value is -2.77. The Labute approximate surface area is 167 Å². The summed E-state index contributed by atoms with van der Waals surface area (Å²) in [6.45, 7) is 1.46. The monoisotopic (exact) mass is 408 g/mol. The lowest BCUT2D eigenvalue weighted by Crippen LogP contribution is -2.37. The van der Waals surface area contributed by atoms with Crippen LogP contribution in [-0.4, -0.2) is 35.8 Å². The number of pyridine rings is 1. The van der Waals surface area contributed by atoms with Crippen LogP contribution in [0.5, 0.6) is 5.75 Å². The summed E-state index contributed by atoms with van der Waals surface area (Å²) in [7, 11) is 0. The standard InChI is InChI=1S/C21H23F3N2O3/c22-21(23,24)18-5-2-10-25-20(18)26-11-8-16(9-12-26)14-29-17-4-1-3-15(13-17)6-7-19(27)28/h1-5,10,13,16H,6-9,11-12,14H2,(H,27,28). The van der Waals surface area contributed by atoms with Gasteiger partial charge in [-0.2, -0.15) is 13.2 Å². The molecule has 29 heavy (non-hydrogen) atoms. The third-order valence-electron chi connectivity index (χ3n) is 5.02. The van der Waals surface area contributed by atoms with Crippen LogP contribution in [0.15, 0.2) is 42.6 Å². The van der Waals surface area contributed by atoms with Crippen molar-refractivity contribution in [2.24, 2.45) is 5.92 Å². The first-order valence-electron chi connectivity index (χ1n) is 9.53. The minimum absolute atomic E-state index is 0.00880. The van der Waals surface area contributed by atoms with Crippen molar-refractivity contribution in [3.8, 4) is 5.75 Å². The van der Waals surface area contributed by atoms with Gasteiger partial charge in [-0.15, -0.1) is 0 Å². The summed E-state index contributed by atoms with van der Waals surface area (Å²) >= 11 is 0. The first-order valence-corrected chi connectivity index (χ1v) is 9.53. The van der Waals surface area contributed by atoms with Crippen molar-refractivity contribution >= 4 is 11.8 Å². The van der Waals surface area contributed by atoms with Crippen molar-refractivity contribution in [2.75, 3.05) is 24.6 Å². The normalized spacial score (nSPS) is 15.3. The number of benzene rings is 1. The molecule has 1 N–H and O–H groups in total. The molecule has 156 valence electrons. The van der Waals surface area contributed by atoms with E-state index in [1.165, 1.54) is 12.3 Å². The zero-order chi connectivity index (χ0) is 20.9. The molecule has 0 bridgehead atoms. The number of halogens is 3. The molecule has 1 fully saturated rings. The lowest BCUT2D eigenvalue weighted by molar-refractivity contribution is -0.138. The Morgan fingerprint density at radius 3 is 2.66 bits per heavy atom. The van der Waals surface area contributed by atoms with Gasteiger partial charge in [-0.3, -0.25) is 4.79 Å². The summed E-state index contributed by atoms with van der Waals surface area (Å²) < 4.78 is 45.5. The molecule has 1 aliphatic rings. The number of ether oxygens (including phenoxy) is 1. The fourth-order valence-electron chi connectivity index (χ4n) is 3.44. The van der Waals surface area contributed by atoms with Gasteiger partial charge < -0.3 is 14.7 Å². The van der Waals surface area contributed by atoms with Crippen LogP contribution < -0.4 is 9.64 Å². The Morgan fingerprint density at radius 1 is 1.21 bits per heavy atom. The maximum absolute atomic E-state index is 13.2. The van der Waals surface area contributed by atoms with Gasteiger partial charge in [0.2, 0.25) is 0 Å². The molecule has 3 rings (SSSR count). The van der Waals surface area contributed by atoms with Crippen molar-refractivity contribution in [2.45, 2.75) is 31.9 Å². The van der Waals surface area contributed by atoms with E-state index in [4.69, 9.17) is 9.84 Å². The lowest BCUT2D eigenvalue weighted by atomic mass is 9.97. The van der Waals surface area contributed by atoms with Crippen LogP contribution in [0, 0.1) is 5.92 Å². The zero-order valence-corrected chi connectivity index (χ0v) is 15.9. The molecule has 0 amide bonds. The topological polar surface area (TPSA) is 62.7 Å². The molecule has 0 atom stereocenters. The summed E-state index contributed by atoms with van der Waals surface area (Å²) in [5.41, 5.74) is 0.197. The number of aliphatic carboxylic acids is 1. The summed E-state index contributed by atoms with van der Waals surface area (Å²) in [4.78, 5) is 16.3. The fourth-order valence-corrected chi connectivity index (χ4v) is 3.44. The van der Waals surface area contributed by atoms with Crippen LogP contribution in [0.2, 0.25) is 0 Å². The predicted molar refractivity (Wildman–Crippen MR) is 102 cm³/mol. The number of piperidine rings is 1. The molecule has 1 aromatic carbocycles. The van der Waals surface area contributed by atoms with Crippen molar-refractivity contribution in [3.05, 3.63) is 53.7 Å². The Bertz CT molecular complexity index is 834. The number of carbonyl (C=O) groups is 1. The van der Waals surface area contributed by atoms with E-state index >= 15 is 0 Å². The third kappa shape index (κ3) is 5.85. The van der Waals surface area contributed by atoms with Crippen LogP contribution in [0.1, 0.15) is 30.4 Å². The van der Waals surface area contributed by atoms with Gasteiger partial charge in [0, 0.05) is 25.7 Å². The number of hydrogen-bond donors (Lipinski definition) is 1. The minimum Gasteiger partial charge on any atom is -0.493 e. The number of alkyl halides is 3. The van der Waals surface area contributed by atoms with E-state index in [9.17, 15) is 18.0 Å². The molecule has 0 saturated carbocycles. The quantitative estimate of drug-likeness (QED) is 0.735. The van der Waals surface area contributed by atoms with Gasteiger partial charge in [-0.25, -0.2) is 4.98 Å². The van der Waals surface area contributed by atoms with Crippen LogP contribution in [0.25, 0.3) is 0 Å². The molecule has 8 heteroatoms. The third-order valence-corrected chi connectivity index (χ3v) is 5.02. The second-order valence-electron chi connectivity index (χ2n) is 7.15. The average Bonchev–Trinajstić information content (AvgIpc) is 2.71. The molecule has 0 unspecified atom stereocenters. The Balaban J connectivity index is 1.52. The number of carboxylic acid groups (broad SMARTS) is 1. The number of aromatic nitrogens is 1. The van der Waals surface area contributed by atoms with E-state index in [0.29, 0.717) is 44.7 Å². The molecule has 1 saturated heterocycles. The highest BCUT2D eigenvalue weighted by atomic mass is 19.4. The van der Waals surface area contributed by atoms with E-state index in [0.717, 1.165) is 11.6 Å². The van der Waals surface area contributed by atoms with Gasteiger partial charge in [-0.1, -0.05) is 12.1 Å². The van der Waals surface area contributed by atoms with Crippen LogP contribution in [0.4, 0.5) is 19.0 Å². The highest BCUT2D eigenvalue weighted by Crippen LogP contribution is 2.36. The molecule has 0 aliphatic carbocycles. The summed E-state index contributed by atoms with van der Waals surface area (Å²) in [5.74, 6) is 0.0709. The van der Waals surface area contributed by atoms with Crippen molar-refractivity contribution in [1.29, 1.82) is 0 Å². The van der Waals surface area contributed by atoms with E-state index in [-0.39, 0.29) is 18.2 Å². The SMILES string of the molecule is O=C(O)CCc1cccc(OCC2CCN(c3ncccc3C(F)(F)F)CC2)c1. The van der Waals surface area contributed by atoms with Crippen LogP contribution in [-0.2, 0) is 17.4 Å². The molecule has 2 heterocycles. The fraction of sp³-hybridized carbons (Fsp3) is 0.429. The minimum atomic E-state index is -4.42. The maximum atomic E-state index is 13.2. The second-order valence-corrected chi connectivity index (χ2v) is 7.15. The molecule has 2 aromatic rings. The molecule has 5 nitrogen and oxygen atoms in total. The number of aryl methyl sites for hydroxylation is 1. The van der Waals surface area contributed by atoms with Crippen LogP contribution in [0.3, 0.4) is 0 Å². The molecule has 0 spiro atoms. The van der Waals surface area contributed by atoms with E-state index < -0.39 is 17.7 Å². The Kier molecular flexibility index (Phi) is 6.61. The van der Waals surface area contributed by atoms with Crippen molar-refractivity contribution < 1.29 is 27.8 Å². The second kappa shape index (κ2) is 9.15. The summed E-state index contributed by atoms with van der Waals surface area (Å²) in [6, 6.07) is 9.71. The molecule has 1 aliphatic heterocycles. The zero-order valence-electron chi connectivity index (χ0n) is 15.9. The van der Waals surface area contributed by atoms with E-state index in [2.05, 4.69) is 4.98 Å². The first kappa shape index (κ1) is 21.0. The van der Waals surface area contributed by atoms with Gasteiger partial charge in [0.25, 0.3) is 0 Å². The highest BCUT2D eigenvalue weighted by molar-refractivity contribution is 5.67. The number of carboxylic acids is 1. The van der Waals surface area contributed by atoms with Crippen molar-refractivity contribution in [3.63, 3.8) is 0 Å². The highest BCUT2D eigenvalue weighted by Gasteiger charge is 2.36. The van der Waals surface area contributed by atoms with Gasteiger partial charge >= 0.3 is 12.1 Å².